The second-order valence-corrected chi connectivity index (χ2v) is 8.31. The molecule has 0 saturated carbocycles. The van der Waals surface area contributed by atoms with E-state index in [1.54, 1.807) is 44.4 Å². The lowest BCUT2D eigenvalue weighted by Gasteiger charge is -2.16. The van der Waals surface area contributed by atoms with E-state index in [0.717, 1.165) is 6.20 Å². The third-order valence-corrected chi connectivity index (χ3v) is 5.76. The number of pyridine rings is 3. The van der Waals surface area contributed by atoms with Crippen molar-refractivity contribution < 1.29 is 13.5 Å². The molecule has 0 radical (unpaired) electrons. The summed E-state index contributed by atoms with van der Waals surface area (Å²) in [6, 6.07) is 5.65. The van der Waals surface area contributed by atoms with Crippen LogP contribution >= 0.6 is 11.6 Å². The van der Waals surface area contributed by atoms with Gasteiger partial charge in [-0.15, -0.1) is 0 Å². The van der Waals surface area contributed by atoms with Gasteiger partial charge < -0.3 is 4.74 Å². The molecule has 13 heteroatoms. The molecular weight excluding hydrogens is 506 g/mol. The Morgan fingerprint density at radius 2 is 1.89 bits per heavy atom. The fourth-order valence-electron chi connectivity index (χ4n) is 3.60. The van der Waals surface area contributed by atoms with Crippen molar-refractivity contribution in [3.63, 3.8) is 0 Å². The first-order chi connectivity index (χ1) is 17.8. The van der Waals surface area contributed by atoms with E-state index in [-0.39, 0.29) is 23.1 Å². The summed E-state index contributed by atoms with van der Waals surface area (Å²) >= 11 is 6.35. The van der Waals surface area contributed by atoms with Gasteiger partial charge in [0.1, 0.15) is 35.2 Å². The highest BCUT2D eigenvalue weighted by atomic mass is 35.5. The van der Waals surface area contributed by atoms with Crippen LogP contribution in [0, 0.1) is 25.5 Å². The van der Waals surface area contributed by atoms with Crippen LogP contribution in [0.25, 0.3) is 28.7 Å². The molecule has 0 saturated heterocycles. The fourth-order valence-corrected chi connectivity index (χ4v) is 3.80. The summed E-state index contributed by atoms with van der Waals surface area (Å²) in [4.78, 5) is 34.2. The first kappa shape index (κ1) is 24.1. The van der Waals surface area contributed by atoms with Crippen LogP contribution in [0.2, 0.25) is 5.02 Å². The molecule has 0 unspecified atom stereocenters. The van der Waals surface area contributed by atoms with Gasteiger partial charge in [0.25, 0.3) is 5.56 Å². The number of aromatic amines is 1. The van der Waals surface area contributed by atoms with Crippen LogP contribution in [0.5, 0.6) is 5.75 Å². The van der Waals surface area contributed by atoms with Gasteiger partial charge in [-0.1, -0.05) is 11.6 Å². The number of hydrogen-bond donors (Lipinski definition) is 1. The molecule has 0 spiro atoms. The Hall–Kier alpha value is -4.58. The zero-order valence-electron chi connectivity index (χ0n) is 19.4. The highest BCUT2D eigenvalue weighted by Crippen LogP contribution is 2.27. The van der Waals surface area contributed by atoms with Gasteiger partial charge in [0.2, 0.25) is 0 Å². The van der Waals surface area contributed by atoms with Gasteiger partial charge in [-0.25, -0.2) is 23.7 Å². The minimum Gasteiger partial charge on any atom is -0.485 e. The van der Waals surface area contributed by atoms with Crippen LogP contribution in [-0.4, -0.2) is 39.7 Å². The second-order valence-electron chi connectivity index (χ2n) is 7.93. The maximum Gasteiger partial charge on any atom is 0.277 e. The predicted molar refractivity (Wildman–Crippen MR) is 129 cm³/mol. The number of rotatable bonds is 6. The van der Waals surface area contributed by atoms with Crippen molar-refractivity contribution in [2.75, 3.05) is 0 Å². The molecule has 0 aliphatic heterocycles. The Morgan fingerprint density at radius 1 is 1.05 bits per heavy atom. The summed E-state index contributed by atoms with van der Waals surface area (Å²) in [7, 11) is 0. The van der Waals surface area contributed by atoms with Gasteiger partial charge in [-0.3, -0.25) is 24.4 Å². The molecule has 10 nitrogen and oxygen atoms in total. The van der Waals surface area contributed by atoms with Gasteiger partial charge in [0.05, 0.1) is 23.3 Å². The summed E-state index contributed by atoms with van der Waals surface area (Å²) in [6.45, 7) is 3.17. The van der Waals surface area contributed by atoms with Gasteiger partial charge in [-0.05, 0) is 31.5 Å². The molecule has 0 aromatic carbocycles. The zero-order valence-corrected chi connectivity index (χ0v) is 20.2. The van der Waals surface area contributed by atoms with Gasteiger partial charge in [0.15, 0.2) is 17.5 Å². The maximum absolute atomic E-state index is 13.9. The number of nitrogens with zero attached hydrogens (tertiary/aromatic N) is 7. The number of halogens is 3. The molecule has 1 N–H and O–H groups in total. The molecule has 0 amide bonds. The average Bonchev–Trinajstić information content (AvgIpc) is 3.43. The SMILES string of the molecule is Cc1cnc(-c2ccnc(-c3ncn[nH]3)n2)cc1-n1c(C)cc(OCc2ncc(F)cc2F)c(Cl)c1=O. The van der Waals surface area contributed by atoms with Crippen LogP contribution in [0.4, 0.5) is 8.78 Å². The van der Waals surface area contributed by atoms with E-state index in [0.29, 0.717) is 46.0 Å². The molecule has 0 aliphatic rings. The monoisotopic (exact) mass is 522 g/mol. The number of H-pyrrole nitrogens is 1. The normalized spacial score (nSPS) is 11.1. The van der Waals surface area contributed by atoms with E-state index >= 15 is 0 Å². The smallest absolute Gasteiger partial charge is 0.277 e. The zero-order chi connectivity index (χ0) is 26.1. The van der Waals surface area contributed by atoms with Crippen LogP contribution in [-0.2, 0) is 6.61 Å². The lowest BCUT2D eigenvalue weighted by molar-refractivity contribution is 0.292. The summed E-state index contributed by atoms with van der Waals surface area (Å²) in [5, 5.41) is 6.31. The van der Waals surface area contributed by atoms with Gasteiger partial charge >= 0.3 is 0 Å². The fraction of sp³-hybridized carbons (Fsp3) is 0.125. The Bertz CT molecular complexity index is 1670. The van der Waals surface area contributed by atoms with Crippen molar-refractivity contribution in [3.8, 4) is 34.5 Å². The van der Waals surface area contributed by atoms with Crippen molar-refractivity contribution in [3.05, 3.63) is 93.1 Å². The third-order valence-electron chi connectivity index (χ3n) is 5.41. The standard InChI is InChI=1S/C24H17ClF2N8O2/c1-12-8-29-17(16-3-4-28-22(33-16)23-31-11-32-34-23)7-19(12)35-13(2)5-20(21(25)24(35)36)37-10-18-15(27)6-14(26)9-30-18/h3-9,11H,10H2,1-2H3,(H,31,32,34). The summed E-state index contributed by atoms with van der Waals surface area (Å²) < 4.78 is 34.0. The Morgan fingerprint density at radius 3 is 2.65 bits per heavy atom. The van der Waals surface area contributed by atoms with Gasteiger partial charge in [-0.2, -0.15) is 5.10 Å². The van der Waals surface area contributed by atoms with E-state index in [9.17, 15) is 13.6 Å². The van der Waals surface area contributed by atoms with Crippen LogP contribution < -0.4 is 10.3 Å². The molecule has 37 heavy (non-hydrogen) atoms. The molecular formula is C24H17ClF2N8O2. The topological polar surface area (TPSA) is 124 Å². The van der Waals surface area contributed by atoms with Crippen molar-refractivity contribution in [2.24, 2.45) is 0 Å². The van der Waals surface area contributed by atoms with Crippen molar-refractivity contribution >= 4 is 11.6 Å². The number of hydrogen-bond acceptors (Lipinski definition) is 8. The molecule has 5 rings (SSSR count). The molecule has 0 bridgehead atoms. The first-order valence-electron chi connectivity index (χ1n) is 10.8. The molecule has 0 atom stereocenters. The summed E-state index contributed by atoms with van der Waals surface area (Å²) in [6.07, 6.45) is 5.42. The lowest BCUT2D eigenvalue weighted by atomic mass is 10.1. The number of ether oxygens (including phenoxy) is 1. The van der Waals surface area contributed by atoms with E-state index < -0.39 is 17.2 Å². The van der Waals surface area contributed by atoms with Crippen molar-refractivity contribution in [1.29, 1.82) is 0 Å². The van der Waals surface area contributed by atoms with E-state index in [1.165, 1.54) is 10.9 Å². The Labute approximate surface area is 213 Å². The Balaban J connectivity index is 1.50. The van der Waals surface area contributed by atoms with E-state index in [1.807, 2.05) is 0 Å². The number of aryl methyl sites for hydroxylation is 2. The number of nitrogens with one attached hydrogen (secondary N) is 1. The van der Waals surface area contributed by atoms with Crippen LogP contribution in [0.1, 0.15) is 17.0 Å². The molecule has 0 fully saturated rings. The second kappa shape index (κ2) is 9.82. The van der Waals surface area contributed by atoms with E-state index in [4.69, 9.17) is 16.3 Å². The molecule has 5 aromatic rings. The highest BCUT2D eigenvalue weighted by Gasteiger charge is 2.18. The van der Waals surface area contributed by atoms with Crippen LogP contribution in [0.15, 0.2) is 54.0 Å². The predicted octanol–water partition coefficient (Wildman–Crippen LogP) is 4.00. The third kappa shape index (κ3) is 4.78. The maximum atomic E-state index is 13.9. The van der Waals surface area contributed by atoms with Crippen molar-refractivity contribution in [2.45, 2.75) is 20.5 Å². The average molecular weight is 523 g/mol. The van der Waals surface area contributed by atoms with Crippen molar-refractivity contribution in [1.82, 2.24) is 39.7 Å². The lowest BCUT2D eigenvalue weighted by Crippen LogP contribution is -2.23. The first-order valence-corrected chi connectivity index (χ1v) is 11.2. The molecule has 5 aromatic heterocycles. The number of aromatic nitrogens is 8. The molecule has 5 heterocycles. The minimum absolute atomic E-state index is 0.0466. The van der Waals surface area contributed by atoms with Gasteiger partial charge in [0, 0.05) is 30.2 Å². The molecule has 0 aliphatic carbocycles. The quantitative estimate of drug-likeness (QED) is 0.355. The highest BCUT2D eigenvalue weighted by molar-refractivity contribution is 6.31. The largest absolute Gasteiger partial charge is 0.485 e. The summed E-state index contributed by atoms with van der Waals surface area (Å²) in [5.74, 6) is -0.882. The summed E-state index contributed by atoms with van der Waals surface area (Å²) in [5.41, 5.74) is 2.07. The van der Waals surface area contributed by atoms with Crippen LogP contribution in [0.3, 0.4) is 0 Å². The Kier molecular flexibility index (Phi) is 6.40. The minimum atomic E-state index is -0.864. The van der Waals surface area contributed by atoms with E-state index in [2.05, 4.69) is 35.1 Å². The molecule has 186 valence electrons.